The van der Waals surface area contributed by atoms with Crippen LogP contribution in [0.1, 0.15) is 11.3 Å². The maximum atomic E-state index is 5.50. The van der Waals surface area contributed by atoms with Crippen molar-refractivity contribution in [3.63, 3.8) is 0 Å². The van der Waals surface area contributed by atoms with E-state index in [0.717, 1.165) is 17.0 Å². The summed E-state index contributed by atoms with van der Waals surface area (Å²) in [5, 5.41) is 4.37. The molecule has 0 unspecified atom stereocenters. The maximum Gasteiger partial charge on any atom is 0.217 e. The molecule has 0 atom stereocenters. The molecule has 3 aromatic heterocycles. The summed E-state index contributed by atoms with van der Waals surface area (Å²) >= 11 is 0. The topological polar surface area (TPSA) is 43.3 Å². The quantitative estimate of drug-likeness (QED) is 0.624. The number of hydrogen-bond donors (Lipinski definition) is 0. The molecule has 0 radical (unpaired) electrons. The van der Waals surface area contributed by atoms with Crippen LogP contribution in [-0.2, 0) is 0 Å². The average Bonchev–Trinajstić information content (AvgIpc) is 2.84. The zero-order chi connectivity index (χ0) is 11.1. The number of aromatic nitrogens is 3. The van der Waals surface area contributed by atoms with Crippen LogP contribution >= 0.6 is 0 Å². The molecule has 0 amide bonds. The van der Waals surface area contributed by atoms with Gasteiger partial charge < -0.3 is 4.42 Å². The zero-order valence-electron chi connectivity index (χ0n) is 9.14. The van der Waals surface area contributed by atoms with Gasteiger partial charge in [-0.1, -0.05) is 6.07 Å². The van der Waals surface area contributed by atoms with Crippen LogP contribution in [-0.4, -0.2) is 14.6 Å². The first-order valence-corrected chi connectivity index (χ1v) is 5.13. The lowest BCUT2D eigenvalue weighted by molar-refractivity contribution is 0.544. The molecule has 4 nitrogen and oxygen atoms in total. The van der Waals surface area contributed by atoms with Crippen molar-refractivity contribution >= 4 is 5.65 Å². The second kappa shape index (κ2) is 3.20. The Hall–Kier alpha value is -2.10. The van der Waals surface area contributed by atoms with E-state index >= 15 is 0 Å². The Morgan fingerprint density at radius 2 is 2.06 bits per heavy atom. The minimum atomic E-state index is 0.627. The summed E-state index contributed by atoms with van der Waals surface area (Å²) in [5.74, 6) is 2.20. The lowest BCUT2D eigenvalue weighted by atomic mass is 10.3. The maximum absolute atomic E-state index is 5.50. The van der Waals surface area contributed by atoms with Gasteiger partial charge in [-0.25, -0.2) is 9.50 Å². The summed E-state index contributed by atoms with van der Waals surface area (Å²) in [6, 6.07) is 7.77. The summed E-state index contributed by atoms with van der Waals surface area (Å²) < 4.78 is 7.27. The van der Waals surface area contributed by atoms with Gasteiger partial charge in [0.2, 0.25) is 5.82 Å². The number of fused-ring (bicyclic) bond motifs is 1. The number of aryl methyl sites for hydroxylation is 2. The molecule has 80 valence electrons. The zero-order valence-corrected chi connectivity index (χ0v) is 9.14. The molecule has 0 aliphatic heterocycles. The predicted molar refractivity (Wildman–Crippen MR) is 60.2 cm³/mol. The van der Waals surface area contributed by atoms with Gasteiger partial charge >= 0.3 is 0 Å². The van der Waals surface area contributed by atoms with Crippen molar-refractivity contribution in [3.8, 4) is 11.6 Å². The highest BCUT2D eigenvalue weighted by atomic mass is 16.3. The van der Waals surface area contributed by atoms with E-state index < -0.39 is 0 Å². The molecule has 3 rings (SSSR count). The molecule has 16 heavy (non-hydrogen) atoms. The first kappa shape index (κ1) is 9.15. The van der Waals surface area contributed by atoms with Crippen LogP contribution in [0.2, 0.25) is 0 Å². The van der Waals surface area contributed by atoms with E-state index in [0.29, 0.717) is 11.6 Å². The Balaban J connectivity index is 2.22. The molecule has 4 heteroatoms. The fourth-order valence-electron chi connectivity index (χ4n) is 1.70. The number of nitrogens with zero attached hydrogens (tertiary/aromatic N) is 3. The molecular weight excluding hydrogens is 202 g/mol. The summed E-state index contributed by atoms with van der Waals surface area (Å²) in [4.78, 5) is 4.45. The van der Waals surface area contributed by atoms with Crippen molar-refractivity contribution in [2.45, 2.75) is 13.8 Å². The van der Waals surface area contributed by atoms with E-state index in [-0.39, 0.29) is 0 Å². The molecule has 0 aromatic carbocycles. The van der Waals surface area contributed by atoms with Gasteiger partial charge in [0.25, 0.3) is 0 Å². The van der Waals surface area contributed by atoms with Gasteiger partial charge in [-0.05, 0) is 37.6 Å². The Bertz CT molecular complexity index is 651. The molecule has 3 heterocycles. The highest BCUT2D eigenvalue weighted by molar-refractivity contribution is 5.55. The van der Waals surface area contributed by atoms with Crippen molar-refractivity contribution in [2.75, 3.05) is 0 Å². The molecule has 0 bridgehead atoms. The van der Waals surface area contributed by atoms with Crippen LogP contribution in [0.25, 0.3) is 17.2 Å². The van der Waals surface area contributed by atoms with Gasteiger partial charge in [-0.3, -0.25) is 0 Å². The van der Waals surface area contributed by atoms with E-state index in [1.165, 1.54) is 0 Å². The van der Waals surface area contributed by atoms with E-state index in [2.05, 4.69) is 10.1 Å². The Kier molecular flexibility index (Phi) is 1.83. The van der Waals surface area contributed by atoms with E-state index in [4.69, 9.17) is 4.42 Å². The van der Waals surface area contributed by atoms with Gasteiger partial charge in [-0.15, -0.1) is 5.10 Å². The van der Waals surface area contributed by atoms with Gasteiger partial charge in [0, 0.05) is 6.20 Å². The van der Waals surface area contributed by atoms with Crippen LogP contribution < -0.4 is 0 Å². The highest BCUT2D eigenvalue weighted by Gasteiger charge is 2.10. The Morgan fingerprint density at radius 3 is 2.75 bits per heavy atom. The van der Waals surface area contributed by atoms with Crippen molar-refractivity contribution in [3.05, 3.63) is 41.8 Å². The van der Waals surface area contributed by atoms with Crippen LogP contribution in [0.3, 0.4) is 0 Å². The summed E-state index contributed by atoms with van der Waals surface area (Å²) in [6.45, 7) is 3.92. The molecule has 0 saturated carbocycles. The van der Waals surface area contributed by atoms with Crippen molar-refractivity contribution < 1.29 is 4.42 Å². The molecule has 3 aromatic rings. The van der Waals surface area contributed by atoms with E-state index in [9.17, 15) is 0 Å². The minimum Gasteiger partial charge on any atom is -0.458 e. The third-order valence-corrected chi connectivity index (χ3v) is 2.52. The first-order chi connectivity index (χ1) is 7.74. The fourth-order valence-corrected chi connectivity index (χ4v) is 1.70. The SMILES string of the molecule is Cc1ccc(-c2nc3c(C)cccn3n2)o1. The average molecular weight is 213 g/mol. The highest BCUT2D eigenvalue weighted by Crippen LogP contribution is 2.19. The van der Waals surface area contributed by atoms with Crippen molar-refractivity contribution in [1.82, 2.24) is 14.6 Å². The largest absolute Gasteiger partial charge is 0.458 e. The standard InChI is InChI=1S/C12H11N3O/c1-8-4-3-7-15-12(8)13-11(14-15)10-6-5-9(2)16-10/h3-7H,1-2H3. The summed E-state index contributed by atoms with van der Waals surface area (Å²) in [6.07, 6.45) is 1.88. The molecule has 0 aliphatic rings. The number of rotatable bonds is 1. The van der Waals surface area contributed by atoms with E-state index in [1.807, 2.05) is 44.3 Å². The van der Waals surface area contributed by atoms with Gasteiger partial charge in [0.1, 0.15) is 5.76 Å². The van der Waals surface area contributed by atoms with Gasteiger partial charge in [-0.2, -0.15) is 0 Å². The molecule has 0 saturated heterocycles. The van der Waals surface area contributed by atoms with Gasteiger partial charge in [0.15, 0.2) is 11.4 Å². The second-order valence-corrected chi connectivity index (χ2v) is 3.81. The third kappa shape index (κ3) is 1.31. The number of pyridine rings is 1. The lowest BCUT2D eigenvalue weighted by Crippen LogP contribution is -1.87. The van der Waals surface area contributed by atoms with Crippen molar-refractivity contribution in [2.24, 2.45) is 0 Å². The Morgan fingerprint density at radius 1 is 1.19 bits per heavy atom. The minimum absolute atomic E-state index is 0.627. The molecule has 0 fully saturated rings. The number of hydrogen-bond acceptors (Lipinski definition) is 3. The van der Waals surface area contributed by atoms with E-state index in [1.54, 1.807) is 4.52 Å². The molecular formula is C12H11N3O. The molecule has 0 spiro atoms. The fraction of sp³-hybridized carbons (Fsp3) is 0.167. The third-order valence-electron chi connectivity index (χ3n) is 2.52. The van der Waals surface area contributed by atoms with Crippen LogP contribution in [0, 0.1) is 13.8 Å². The molecule has 0 aliphatic carbocycles. The summed E-state index contributed by atoms with van der Waals surface area (Å²) in [5.41, 5.74) is 1.97. The number of furan rings is 1. The van der Waals surface area contributed by atoms with Crippen LogP contribution in [0.15, 0.2) is 34.9 Å². The second-order valence-electron chi connectivity index (χ2n) is 3.81. The van der Waals surface area contributed by atoms with Crippen molar-refractivity contribution in [1.29, 1.82) is 0 Å². The van der Waals surface area contributed by atoms with Crippen LogP contribution in [0.4, 0.5) is 0 Å². The smallest absolute Gasteiger partial charge is 0.217 e. The first-order valence-electron chi connectivity index (χ1n) is 5.13. The Labute approximate surface area is 92.5 Å². The summed E-state index contributed by atoms with van der Waals surface area (Å²) in [7, 11) is 0. The molecule has 0 N–H and O–H groups in total. The van der Waals surface area contributed by atoms with Crippen LogP contribution in [0.5, 0.6) is 0 Å². The monoisotopic (exact) mass is 213 g/mol. The normalized spacial score (nSPS) is 11.1. The van der Waals surface area contributed by atoms with Gasteiger partial charge in [0.05, 0.1) is 0 Å². The predicted octanol–water partition coefficient (Wildman–Crippen LogP) is 2.61. The lowest BCUT2D eigenvalue weighted by Gasteiger charge is -1.92.